The zero-order valence-electron chi connectivity index (χ0n) is 9.75. The molecule has 1 atom stereocenters. The lowest BCUT2D eigenvalue weighted by Gasteiger charge is -2.20. The third-order valence-electron chi connectivity index (χ3n) is 2.23. The van der Waals surface area contributed by atoms with Crippen LogP contribution in [0.2, 0.25) is 0 Å². The van der Waals surface area contributed by atoms with Crippen LogP contribution in [0.3, 0.4) is 0 Å². The molecule has 0 bridgehead atoms. The average Bonchev–Trinajstić information content (AvgIpc) is 2.08. The highest BCUT2D eigenvalue weighted by Gasteiger charge is 2.16. The predicted octanol–water partition coefficient (Wildman–Crippen LogP) is -0.292. The molecule has 0 radical (unpaired) electrons. The van der Waals surface area contributed by atoms with Gasteiger partial charge in [0.05, 0.1) is 6.04 Å². The van der Waals surface area contributed by atoms with E-state index in [2.05, 4.69) is 5.32 Å². The first-order valence-corrected chi connectivity index (χ1v) is 5.15. The van der Waals surface area contributed by atoms with E-state index in [4.69, 9.17) is 5.73 Å². The first-order chi connectivity index (χ1) is 6.95. The van der Waals surface area contributed by atoms with Crippen molar-refractivity contribution < 1.29 is 9.59 Å². The summed E-state index contributed by atoms with van der Waals surface area (Å²) >= 11 is 0. The maximum atomic E-state index is 11.0. The van der Waals surface area contributed by atoms with Crippen LogP contribution < -0.4 is 11.1 Å². The number of primary amides is 1. The Kier molecular flexibility index (Phi) is 6.70. The molecule has 0 aromatic heterocycles. The highest BCUT2D eigenvalue weighted by atomic mass is 16.2. The van der Waals surface area contributed by atoms with Crippen LogP contribution in [0.25, 0.3) is 0 Å². The van der Waals surface area contributed by atoms with Gasteiger partial charge in [0.25, 0.3) is 0 Å². The maximum absolute atomic E-state index is 11.0. The van der Waals surface area contributed by atoms with Crippen molar-refractivity contribution in [3.05, 3.63) is 0 Å². The van der Waals surface area contributed by atoms with Gasteiger partial charge in [-0.1, -0.05) is 0 Å². The lowest BCUT2D eigenvalue weighted by Crippen LogP contribution is -2.40. The summed E-state index contributed by atoms with van der Waals surface area (Å²) < 4.78 is 0. The normalized spacial score (nSPS) is 12.5. The quantitative estimate of drug-likeness (QED) is 0.350. The Bertz CT molecular complexity index is 217. The molecular weight excluding hydrogens is 197 g/mol. The highest BCUT2D eigenvalue weighted by Crippen LogP contribution is 2.04. The molecule has 0 spiro atoms. The van der Waals surface area contributed by atoms with Gasteiger partial charge in [0.2, 0.25) is 11.8 Å². The van der Waals surface area contributed by atoms with Crippen molar-refractivity contribution in [1.29, 1.82) is 0 Å². The summed E-state index contributed by atoms with van der Waals surface area (Å²) in [6.45, 7) is 2.15. The number of unbranched alkanes of at least 4 members (excludes halogenated alkanes) is 1. The molecule has 5 nitrogen and oxygen atoms in total. The minimum atomic E-state index is -0.292. The summed E-state index contributed by atoms with van der Waals surface area (Å²) in [5.74, 6) is -0.311. The van der Waals surface area contributed by atoms with Crippen LogP contribution in [0.15, 0.2) is 0 Å². The SMILES string of the molecule is CC(=O)NCCCCC(C([15NH2])=O)N([13CH3])[13CH3]. The van der Waals surface area contributed by atoms with Gasteiger partial charge in [-0.2, -0.15) is 0 Å². The molecule has 0 fully saturated rings. The lowest BCUT2D eigenvalue weighted by atomic mass is 10.1. The first kappa shape index (κ1) is 13.9. The summed E-state index contributed by atoms with van der Waals surface area (Å²) in [5, 5.41) is 2.71. The van der Waals surface area contributed by atoms with Crippen molar-refractivity contribution >= 4 is 11.8 Å². The molecule has 0 rings (SSSR count). The number of carbonyl (C=O) groups is 2. The second-order valence-corrected chi connectivity index (χ2v) is 3.86. The van der Waals surface area contributed by atoms with Gasteiger partial charge < -0.3 is 11.1 Å². The molecular formula is C10H21N3O2. The van der Waals surface area contributed by atoms with E-state index in [1.807, 2.05) is 19.0 Å². The van der Waals surface area contributed by atoms with E-state index in [9.17, 15) is 9.59 Å². The van der Waals surface area contributed by atoms with Crippen molar-refractivity contribution in [3.8, 4) is 0 Å². The first-order valence-electron chi connectivity index (χ1n) is 5.15. The molecule has 0 aromatic rings. The van der Waals surface area contributed by atoms with Gasteiger partial charge in [-0.25, -0.2) is 0 Å². The molecule has 0 aliphatic rings. The van der Waals surface area contributed by atoms with Gasteiger partial charge in [0.1, 0.15) is 0 Å². The van der Waals surface area contributed by atoms with Crippen LogP contribution in [-0.4, -0.2) is 43.4 Å². The molecule has 0 aliphatic carbocycles. The number of likely N-dealkylation sites (N-methyl/N-ethyl adjacent to an activating group) is 1. The molecule has 0 saturated heterocycles. The van der Waals surface area contributed by atoms with Gasteiger partial charge in [-0.05, 0) is 33.4 Å². The summed E-state index contributed by atoms with van der Waals surface area (Å²) in [7, 11) is 3.67. The Hall–Kier alpha value is -1.10. The molecule has 0 aliphatic heterocycles. The van der Waals surface area contributed by atoms with E-state index in [1.54, 1.807) is 0 Å². The van der Waals surface area contributed by atoms with Gasteiger partial charge in [0, 0.05) is 13.5 Å². The molecule has 0 saturated carbocycles. The minimum absolute atomic E-state index is 0.0194. The van der Waals surface area contributed by atoms with Crippen LogP contribution in [-0.2, 0) is 9.59 Å². The van der Waals surface area contributed by atoms with E-state index >= 15 is 0 Å². The number of rotatable bonds is 7. The van der Waals surface area contributed by atoms with Crippen LogP contribution in [0.5, 0.6) is 0 Å². The van der Waals surface area contributed by atoms with Gasteiger partial charge in [-0.15, -0.1) is 0 Å². The van der Waals surface area contributed by atoms with Crippen LogP contribution in [0, 0.1) is 0 Å². The molecule has 3 N–H and O–H groups in total. The Morgan fingerprint density at radius 2 is 1.93 bits per heavy atom. The molecule has 88 valence electrons. The van der Waals surface area contributed by atoms with Crippen molar-refractivity contribution in [3.63, 3.8) is 0 Å². The number of nitrogens with two attached hydrogens (primary N) is 1. The summed E-state index contributed by atoms with van der Waals surface area (Å²) in [5.41, 5.74) is 5.25. The summed E-state index contributed by atoms with van der Waals surface area (Å²) in [4.78, 5) is 23.4. The zero-order valence-corrected chi connectivity index (χ0v) is 9.75. The molecule has 2 amide bonds. The third-order valence-corrected chi connectivity index (χ3v) is 2.23. The molecule has 0 heterocycles. The van der Waals surface area contributed by atoms with Crippen molar-refractivity contribution in [1.82, 2.24) is 10.2 Å². The molecule has 5 heteroatoms. The van der Waals surface area contributed by atoms with E-state index in [0.29, 0.717) is 6.54 Å². The number of nitrogens with one attached hydrogen (secondary N) is 1. The Morgan fingerprint density at radius 1 is 1.33 bits per heavy atom. The van der Waals surface area contributed by atoms with Crippen LogP contribution >= 0.6 is 0 Å². The summed E-state index contributed by atoms with van der Waals surface area (Å²) in [6, 6.07) is -0.206. The fraction of sp³-hybridized carbons (Fsp3) is 0.800. The van der Waals surface area contributed by atoms with Gasteiger partial charge in [0.15, 0.2) is 0 Å². The standard InChI is InChI=1S/C10H21N3O2/c1-8(14)12-7-5-4-6-9(10(11)15)13(2)3/h9H,4-7H2,1-3H3,(H2,11,15)(H,12,14)/i2+1,3+1,11+1. The lowest BCUT2D eigenvalue weighted by molar-refractivity contribution is -0.122. The van der Waals surface area contributed by atoms with E-state index in [0.717, 1.165) is 19.3 Å². The molecule has 15 heavy (non-hydrogen) atoms. The Balaban J connectivity index is 3.63. The van der Waals surface area contributed by atoms with E-state index in [1.165, 1.54) is 6.92 Å². The monoisotopic (exact) mass is 218 g/mol. The van der Waals surface area contributed by atoms with E-state index < -0.39 is 0 Å². The number of carbonyl (C=O) groups excluding carboxylic acids is 2. The largest absolute Gasteiger partial charge is 0.368 e. The number of hydrogen-bond acceptors (Lipinski definition) is 3. The summed E-state index contributed by atoms with van der Waals surface area (Å²) in [6.07, 6.45) is 2.49. The predicted molar refractivity (Wildman–Crippen MR) is 59.2 cm³/mol. The fourth-order valence-corrected chi connectivity index (χ4v) is 1.38. The third kappa shape index (κ3) is 6.90. The van der Waals surface area contributed by atoms with Gasteiger partial charge >= 0.3 is 0 Å². The van der Waals surface area contributed by atoms with E-state index in [-0.39, 0.29) is 17.9 Å². The van der Waals surface area contributed by atoms with Crippen molar-refractivity contribution in [2.45, 2.75) is 32.2 Å². The number of nitrogens with zero attached hydrogens (tertiary/aromatic N) is 1. The molecule has 0 aromatic carbocycles. The highest BCUT2D eigenvalue weighted by molar-refractivity contribution is 5.79. The average molecular weight is 218 g/mol. The smallest absolute Gasteiger partial charge is 0.234 e. The maximum Gasteiger partial charge on any atom is 0.234 e. The Labute approximate surface area is 91.0 Å². The van der Waals surface area contributed by atoms with Crippen LogP contribution in [0.4, 0.5) is 0 Å². The molecule has 1 unspecified atom stereocenters. The number of hydrogen-bond donors (Lipinski definition) is 2. The second-order valence-electron chi connectivity index (χ2n) is 3.86. The van der Waals surface area contributed by atoms with Crippen LogP contribution in [0.1, 0.15) is 26.2 Å². The van der Waals surface area contributed by atoms with Crippen molar-refractivity contribution in [2.24, 2.45) is 5.73 Å². The zero-order chi connectivity index (χ0) is 11.8. The van der Waals surface area contributed by atoms with Crippen molar-refractivity contribution in [2.75, 3.05) is 20.6 Å². The van der Waals surface area contributed by atoms with Gasteiger partial charge in [-0.3, -0.25) is 14.5 Å². The fourth-order valence-electron chi connectivity index (χ4n) is 1.38. The topological polar surface area (TPSA) is 75.4 Å². The minimum Gasteiger partial charge on any atom is -0.368 e. The second kappa shape index (κ2) is 7.23. The Morgan fingerprint density at radius 3 is 2.33 bits per heavy atom. The number of amides is 2.